The molecule has 3 rings (SSSR count). The average molecular weight is 462 g/mol. The van der Waals surface area contributed by atoms with Crippen molar-refractivity contribution in [1.29, 1.82) is 0 Å². The Hall–Kier alpha value is -2.65. The SMILES string of the molecule is CN(C)[C@@H](CNC(=O)c1ccc(Cl)c(S(=O)(=O)NCc2ccco2)c1)c1ccccc1. The van der Waals surface area contributed by atoms with Crippen LogP contribution in [-0.4, -0.2) is 39.9 Å². The van der Waals surface area contributed by atoms with Crippen molar-refractivity contribution < 1.29 is 17.6 Å². The molecule has 0 saturated heterocycles. The molecule has 1 heterocycles. The van der Waals surface area contributed by atoms with Crippen LogP contribution in [0.4, 0.5) is 0 Å². The Kier molecular flexibility index (Phi) is 7.50. The number of rotatable bonds is 9. The average Bonchev–Trinajstić information content (AvgIpc) is 3.27. The van der Waals surface area contributed by atoms with Gasteiger partial charge in [-0.25, -0.2) is 13.1 Å². The summed E-state index contributed by atoms with van der Waals surface area (Å²) in [6.07, 6.45) is 1.46. The summed E-state index contributed by atoms with van der Waals surface area (Å²) < 4.78 is 32.9. The molecule has 2 N–H and O–H groups in total. The van der Waals surface area contributed by atoms with Crippen LogP contribution in [0.2, 0.25) is 5.02 Å². The van der Waals surface area contributed by atoms with Crippen LogP contribution in [0, 0.1) is 0 Å². The smallest absolute Gasteiger partial charge is 0.251 e. The summed E-state index contributed by atoms with van der Waals surface area (Å²) in [5.41, 5.74) is 1.27. The number of benzene rings is 2. The minimum absolute atomic E-state index is 0.0241. The topological polar surface area (TPSA) is 91.7 Å². The molecule has 0 aliphatic rings. The van der Waals surface area contributed by atoms with E-state index in [1.54, 1.807) is 12.1 Å². The zero-order chi connectivity index (χ0) is 22.4. The number of carbonyl (C=O) groups is 1. The normalized spacial score (nSPS) is 12.6. The van der Waals surface area contributed by atoms with Crippen molar-refractivity contribution in [3.63, 3.8) is 0 Å². The van der Waals surface area contributed by atoms with Crippen LogP contribution in [0.3, 0.4) is 0 Å². The number of hydrogen-bond donors (Lipinski definition) is 2. The summed E-state index contributed by atoms with van der Waals surface area (Å²) in [5, 5.41) is 2.90. The van der Waals surface area contributed by atoms with Crippen molar-refractivity contribution >= 4 is 27.5 Å². The van der Waals surface area contributed by atoms with Gasteiger partial charge >= 0.3 is 0 Å². The quantitative estimate of drug-likeness (QED) is 0.509. The predicted octanol–water partition coefficient (Wildman–Crippen LogP) is 3.44. The van der Waals surface area contributed by atoms with Crippen molar-refractivity contribution in [2.75, 3.05) is 20.6 Å². The lowest BCUT2D eigenvalue weighted by Crippen LogP contribution is -2.34. The molecule has 0 spiro atoms. The minimum Gasteiger partial charge on any atom is -0.468 e. The zero-order valence-electron chi connectivity index (χ0n) is 17.2. The van der Waals surface area contributed by atoms with Crippen molar-refractivity contribution in [2.45, 2.75) is 17.5 Å². The van der Waals surface area contributed by atoms with Gasteiger partial charge in [0.15, 0.2) is 0 Å². The largest absolute Gasteiger partial charge is 0.468 e. The molecular formula is C22H24ClN3O4S. The molecular weight excluding hydrogens is 438 g/mol. The van der Waals surface area contributed by atoms with Crippen molar-refractivity contribution in [3.05, 3.63) is 88.8 Å². The Morgan fingerprint density at radius 2 is 1.84 bits per heavy atom. The molecule has 0 saturated carbocycles. The molecule has 0 aliphatic heterocycles. The second-order valence-corrected chi connectivity index (χ2v) is 9.29. The summed E-state index contributed by atoms with van der Waals surface area (Å²) in [6, 6.07) is 17.3. The van der Waals surface area contributed by atoms with Gasteiger partial charge in [0.25, 0.3) is 5.91 Å². The van der Waals surface area contributed by atoms with E-state index in [-0.39, 0.29) is 34.0 Å². The van der Waals surface area contributed by atoms with E-state index < -0.39 is 10.0 Å². The molecule has 0 radical (unpaired) electrons. The predicted molar refractivity (Wildman–Crippen MR) is 119 cm³/mol. The van der Waals surface area contributed by atoms with E-state index >= 15 is 0 Å². The second kappa shape index (κ2) is 10.1. The number of halogens is 1. The third kappa shape index (κ3) is 5.95. The third-order valence-electron chi connectivity index (χ3n) is 4.76. The second-order valence-electron chi connectivity index (χ2n) is 7.15. The van der Waals surface area contributed by atoms with Crippen molar-refractivity contribution in [3.8, 4) is 0 Å². The van der Waals surface area contributed by atoms with Gasteiger partial charge in [0.05, 0.1) is 23.9 Å². The van der Waals surface area contributed by atoms with Crippen LogP contribution in [0.25, 0.3) is 0 Å². The zero-order valence-corrected chi connectivity index (χ0v) is 18.8. The number of nitrogens with zero attached hydrogens (tertiary/aromatic N) is 1. The highest BCUT2D eigenvalue weighted by atomic mass is 35.5. The maximum atomic E-state index is 12.7. The molecule has 3 aromatic rings. The highest BCUT2D eigenvalue weighted by Gasteiger charge is 2.21. The Balaban J connectivity index is 1.73. The minimum atomic E-state index is -3.94. The van der Waals surface area contributed by atoms with Crippen LogP contribution >= 0.6 is 11.6 Å². The lowest BCUT2D eigenvalue weighted by atomic mass is 10.1. The molecule has 1 amide bonds. The molecule has 9 heteroatoms. The van der Waals surface area contributed by atoms with E-state index in [1.807, 2.05) is 49.3 Å². The van der Waals surface area contributed by atoms with Crippen LogP contribution in [0.5, 0.6) is 0 Å². The van der Waals surface area contributed by atoms with Gasteiger partial charge in [0.1, 0.15) is 10.7 Å². The first-order valence-corrected chi connectivity index (χ1v) is 11.4. The highest BCUT2D eigenvalue weighted by Crippen LogP contribution is 2.23. The number of carbonyl (C=O) groups excluding carboxylic acids is 1. The Morgan fingerprint density at radius 1 is 1.10 bits per heavy atom. The maximum Gasteiger partial charge on any atom is 0.251 e. The van der Waals surface area contributed by atoms with E-state index in [0.29, 0.717) is 12.3 Å². The third-order valence-corrected chi connectivity index (χ3v) is 6.65. The standard InChI is InChI=1S/C22H24ClN3O4S/c1-26(2)20(16-7-4-3-5-8-16)15-24-22(27)17-10-11-19(23)21(13-17)31(28,29)25-14-18-9-6-12-30-18/h3-13,20,25H,14-15H2,1-2H3,(H,24,27)/t20-/m0/s1. The van der Waals surface area contributed by atoms with Crippen LogP contribution in [0.15, 0.2) is 76.2 Å². The van der Waals surface area contributed by atoms with E-state index in [1.165, 1.54) is 24.5 Å². The highest BCUT2D eigenvalue weighted by molar-refractivity contribution is 7.89. The molecule has 31 heavy (non-hydrogen) atoms. The molecule has 0 bridgehead atoms. The van der Waals surface area contributed by atoms with Crippen LogP contribution in [-0.2, 0) is 16.6 Å². The Labute approximate surface area is 187 Å². The number of nitrogens with one attached hydrogen (secondary N) is 2. The lowest BCUT2D eigenvalue weighted by Gasteiger charge is -2.25. The molecule has 0 unspecified atom stereocenters. The number of furan rings is 1. The number of hydrogen-bond acceptors (Lipinski definition) is 5. The summed E-state index contributed by atoms with van der Waals surface area (Å²) in [5.74, 6) is 0.0752. The lowest BCUT2D eigenvalue weighted by molar-refractivity contribution is 0.0941. The Morgan fingerprint density at radius 3 is 2.48 bits per heavy atom. The summed E-state index contributed by atoms with van der Waals surface area (Å²) in [7, 11) is -0.0769. The van der Waals surface area contributed by atoms with Gasteiger partial charge in [0.2, 0.25) is 10.0 Å². The van der Waals surface area contributed by atoms with E-state index in [9.17, 15) is 13.2 Å². The monoisotopic (exact) mass is 461 g/mol. The molecule has 7 nitrogen and oxygen atoms in total. The van der Waals surface area contributed by atoms with Crippen LogP contribution < -0.4 is 10.0 Å². The van der Waals surface area contributed by atoms with Gasteiger partial charge in [0, 0.05) is 12.1 Å². The van der Waals surface area contributed by atoms with Gasteiger partial charge in [-0.15, -0.1) is 0 Å². The fraction of sp³-hybridized carbons (Fsp3) is 0.227. The first-order valence-electron chi connectivity index (χ1n) is 9.59. The fourth-order valence-electron chi connectivity index (χ4n) is 3.07. The molecule has 2 aromatic carbocycles. The molecule has 0 aliphatic carbocycles. The van der Waals surface area contributed by atoms with E-state index in [4.69, 9.17) is 16.0 Å². The van der Waals surface area contributed by atoms with Gasteiger partial charge in [-0.1, -0.05) is 41.9 Å². The first-order chi connectivity index (χ1) is 14.8. The van der Waals surface area contributed by atoms with Gasteiger partial charge in [-0.2, -0.15) is 0 Å². The van der Waals surface area contributed by atoms with Crippen molar-refractivity contribution in [1.82, 2.24) is 14.9 Å². The first kappa shape index (κ1) is 23.0. The van der Waals surface area contributed by atoms with E-state index in [2.05, 4.69) is 10.0 Å². The Bertz CT molecular complexity index is 1120. The van der Waals surface area contributed by atoms with Gasteiger partial charge in [-0.3, -0.25) is 4.79 Å². The number of sulfonamides is 1. The fourth-order valence-corrected chi connectivity index (χ4v) is 4.59. The number of likely N-dealkylation sites (N-methyl/N-ethyl adjacent to an activating group) is 1. The maximum absolute atomic E-state index is 12.7. The summed E-state index contributed by atoms with van der Waals surface area (Å²) >= 11 is 6.11. The molecule has 1 aromatic heterocycles. The molecule has 1 atom stereocenters. The van der Waals surface area contributed by atoms with E-state index in [0.717, 1.165) is 5.56 Å². The van der Waals surface area contributed by atoms with Crippen molar-refractivity contribution in [2.24, 2.45) is 0 Å². The summed E-state index contributed by atoms with van der Waals surface area (Å²) in [6.45, 7) is 0.334. The number of amides is 1. The molecule has 0 fully saturated rings. The molecule has 164 valence electrons. The van der Waals surface area contributed by atoms with Gasteiger partial charge in [-0.05, 0) is 50.0 Å². The van der Waals surface area contributed by atoms with Gasteiger partial charge < -0.3 is 14.6 Å². The summed E-state index contributed by atoms with van der Waals surface area (Å²) in [4.78, 5) is 14.6. The van der Waals surface area contributed by atoms with Crippen LogP contribution in [0.1, 0.15) is 27.7 Å².